The Hall–Kier alpha value is -0.300. The lowest BCUT2D eigenvalue weighted by Crippen LogP contribution is -2.01. The summed E-state index contributed by atoms with van der Waals surface area (Å²) in [5.74, 6) is 1.40. The van der Waals surface area contributed by atoms with Crippen LogP contribution in [0.4, 0.5) is 0 Å². The van der Waals surface area contributed by atoms with Crippen LogP contribution >= 0.6 is 0 Å². The van der Waals surface area contributed by atoms with Gasteiger partial charge in [0.15, 0.2) is 0 Å². The molecule has 0 aliphatic heterocycles. The van der Waals surface area contributed by atoms with E-state index in [9.17, 15) is 0 Å². The smallest absolute Gasteiger partial charge is 0.0436 e. The Labute approximate surface area is 81.9 Å². The number of hydrogen-bond acceptors (Lipinski definition) is 1. The van der Waals surface area contributed by atoms with Gasteiger partial charge in [-0.2, -0.15) is 0 Å². The second-order valence-corrected chi connectivity index (χ2v) is 4.37. The summed E-state index contributed by atoms with van der Waals surface area (Å²) in [7, 11) is 0. The summed E-state index contributed by atoms with van der Waals surface area (Å²) in [6, 6.07) is 0. The van der Waals surface area contributed by atoms with E-state index in [1.165, 1.54) is 31.3 Å². The molecule has 1 rings (SSSR count). The van der Waals surface area contributed by atoms with Crippen LogP contribution in [-0.4, -0.2) is 11.7 Å². The number of allylic oxidation sites excluding steroid dienone is 2. The largest absolute Gasteiger partial charge is 0.396 e. The third-order valence-corrected chi connectivity index (χ3v) is 3.24. The van der Waals surface area contributed by atoms with Crippen LogP contribution in [0.1, 0.15) is 46.0 Å². The van der Waals surface area contributed by atoms with Gasteiger partial charge in [0.25, 0.3) is 0 Å². The average molecular weight is 182 g/mol. The highest BCUT2D eigenvalue weighted by Gasteiger charge is 2.13. The lowest BCUT2D eigenvalue weighted by atomic mass is 9.95. The fourth-order valence-corrected chi connectivity index (χ4v) is 2.08. The van der Waals surface area contributed by atoms with Crippen LogP contribution in [0.15, 0.2) is 11.6 Å². The van der Waals surface area contributed by atoms with Crippen molar-refractivity contribution in [3.8, 4) is 0 Å². The lowest BCUT2D eigenvalue weighted by Gasteiger charge is -2.12. The van der Waals surface area contributed by atoms with Gasteiger partial charge in [0.05, 0.1) is 0 Å². The maximum Gasteiger partial charge on any atom is 0.0436 e. The van der Waals surface area contributed by atoms with Crippen molar-refractivity contribution in [1.82, 2.24) is 0 Å². The van der Waals surface area contributed by atoms with E-state index in [1.54, 1.807) is 0 Å². The van der Waals surface area contributed by atoms with Crippen LogP contribution in [-0.2, 0) is 0 Å². The van der Waals surface area contributed by atoms with Gasteiger partial charge in [-0.15, -0.1) is 0 Å². The molecule has 1 fully saturated rings. The molecule has 0 amide bonds. The first-order valence-electron chi connectivity index (χ1n) is 5.53. The maximum absolute atomic E-state index is 8.82. The van der Waals surface area contributed by atoms with Crippen molar-refractivity contribution in [3.05, 3.63) is 11.6 Å². The summed E-state index contributed by atoms with van der Waals surface area (Å²) in [5, 5.41) is 8.82. The summed E-state index contributed by atoms with van der Waals surface area (Å²) in [6.45, 7) is 4.73. The minimum absolute atomic E-state index is 0.316. The molecule has 0 aromatic carbocycles. The summed E-state index contributed by atoms with van der Waals surface area (Å²) >= 11 is 0. The van der Waals surface area contributed by atoms with Crippen LogP contribution in [0.5, 0.6) is 0 Å². The van der Waals surface area contributed by atoms with Gasteiger partial charge in [0.1, 0.15) is 0 Å². The minimum Gasteiger partial charge on any atom is -0.396 e. The van der Waals surface area contributed by atoms with Gasteiger partial charge in [0, 0.05) is 6.61 Å². The molecule has 1 atom stereocenters. The van der Waals surface area contributed by atoms with Crippen LogP contribution < -0.4 is 0 Å². The van der Waals surface area contributed by atoms with Crippen molar-refractivity contribution < 1.29 is 5.11 Å². The molecule has 1 saturated carbocycles. The predicted molar refractivity (Wildman–Crippen MR) is 56.6 cm³/mol. The number of aliphatic hydroxyl groups excluding tert-OH is 1. The molecule has 0 saturated heterocycles. The maximum atomic E-state index is 8.82. The number of hydrogen-bond donors (Lipinski definition) is 1. The standard InChI is InChI=1S/C12H22O/c1-10(7-8-13)11(2)9-12-5-3-4-6-12/h9-10,12-13H,3-8H2,1-2H3/b11-9-. The average Bonchev–Trinajstić information content (AvgIpc) is 2.57. The monoisotopic (exact) mass is 182 g/mol. The second kappa shape index (κ2) is 5.43. The molecule has 1 heteroatoms. The molecular formula is C12H22O. The highest BCUT2D eigenvalue weighted by atomic mass is 16.3. The van der Waals surface area contributed by atoms with Gasteiger partial charge in [-0.1, -0.05) is 31.4 Å². The van der Waals surface area contributed by atoms with Gasteiger partial charge in [-0.25, -0.2) is 0 Å². The zero-order chi connectivity index (χ0) is 9.68. The van der Waals surface area contributed by atoms with Gasteiger partial charge < -0.3 is 5.11 Å². The highest BCUT2D eigenvalue weighted by molar-refractivity contribution is 5.05. The molecule has 13 heavy (non-hydrogen) atoms. The van der Waals surface area contributed by atoms with E-state index in [1.807, 2.05) is 0 Å². The van der Waals surface area contributed by atoms with Crippen molar-refractivity contribution in [2.24, 2.45) is 11.8 Å². The van der Waals surface area contributed by atoms with Crippen LogP contribution in [0.25, 0.3) is 0 Å². The fourth-order valence-electron chi connectivity index (χ4n) is 2.08. The fraction of sp³-hybridized carbons (Fsp3) is 0.833. The number of aliphatic hydroxyl groups is 1. The molecule has 0 radical (unpaired) electrons. The summed E-state index contributed by atoms with van der Waals surface area (Å²) in [5.41, 5.74) is 1.47. The van der Waals surface area contributed by atoms with Crippen LogP contribution in [0, 0.1) is 11.8 Å². The van der Waals surface area contributed by atoms with E-state index in [-0.39, 0.29) is 0 Å². The van der Waals surface area contributed by atoms with Crippen molar-refractivity contribution in [1.29, 1.82) is 0 Å². The van der Waals surface area contributed by atoms with Crippen molar-refractivity contribution >= 4 is 0 Å². The summed E-state index contributed by atoms with van der Waals surface area (Å²) in [6.07, 6.45) is 8.92. The van der Waals surface area contributed by atoms with E-state index in [4.69, 9.17) is 5.11 Å². The normalized spacial score (nSPS) is 22.2. The zero-order valence-electron chi connectivity index (χ0n) is 8.92. The first kappa shape index (κ1) is 10.8. The Kier molecular flexibility index (Phi) is 4.51. The highest BCUT2D eigenvalue weighted by Crippen LogP contribution is 2.28. The Morgan fingerprint density at radius 2 is 2.08 bits per heavy atom. The van der Waals surface area contributed by atoms with E-state index in [2.05, 4.69) is 19.9 Å². The van der Waals surface area contributed by atoms with Crippen molar-refractivity contribution in [3.63, 3.8) is 0 Å². The Morgan fingerprint density at radius 1 is 1.46 bits per heavy atom. The van der Waals surface area contributed by atoms with Crippen molar-refractivity contribution in [2.45, 2.75) is 46.0 Å². The quantitative estimate of drug-likeness (QED) is 0.662. The third-order valence-electron chi connectivity index (χ3n) is 3.24. The van der Waals surface area contributed by atoms with E-state index in [0.717, 1.165) is 12.3 Å². The molecule has 0 spiro atoms. The molecular weight excluding hydrogens is 160 g/mol. The number of rotatable bonds is 4. The molecule has 0 heterocycles. The SMILES string of the molecule is C/C(=C/C1CCCC1)C(C)CCO. The molecule has 1 N–H and O–H groups in total. The predicted octanol–water partition coefficient (Wildman–Crippen LogP) is 3.14. The third kappa shape index (κ3) is 3.51. The summed E-state index contributed by atoms with van der Waals surface area (Å²) < 4.78 is 0. The van der Waals surface area contributed by atoms with Crippen LogP contribution in [0.3, 0.4) is 0 Å². The van der Waals surface area contributed by atoms with E-state index >= 15 is 0 Å². The van der Waals surface area contributed by atoms with Crippen molar-refractivity contribution in [2.75, 3.05) is 6.61 Å². The zero-order valence-corrected chi connectivity index (χ0v) is 8.92. The topological polar surface area (TPSA) is 20.2 Å². The molecule has 0 bridgehead atoms. The Bertz CT molecular complexity index is 166. The Balaban J connectivity index is 2.39. The molecule has 1 aliphatic carbocycles. The molecule has 0 aromatic rings. The van der Waals surface area contributed by atoms with Gasteiger partial charge in [0.2, 0.25) is 0 Å². The minimum atomic E-state index is 0.316. The lowest BCUT2D eigenvalue weighted by molar-refractivity contribution is 0.271. The van der Waals surface area contributed by atoms with Crippen LogP contribution in [0.2, 0.25) is 0 Å². The first-order chi connectivity index (χ1) is 6.24. The van der Waals surface area contributed by atoms with E-state index in [0.29, 0.717) is 12.5 Å². The molecule has 76 valence electrons. The molecule has 1 nitrogen and oxygen atoms in total. The summed E-state index contributed by atoms with van der Waals surface area (Å²) in [4.78, 5) is 0. The van der Waals surface area contributed by atoms with E-state index < -0.39 is 0 Å². The second-order valence-electron chi connectivity index (χ2n) is 4.37. The first-order valence-corrected chi connectivity index (χ1v) is 5.53. The molecule has 1 aliphatic rings. The molecule has 1 unspecified atom stereocenters. The molecule has 0 aromatic heterocycles. The van der Waals surface area contributed by atoms with Gasteiger partial charge >= 0.3 is 0 Å². The Morgan fingerprint density at radius 3 is 2.62 bits per heavy atom. The van der Waals surface area contributed by atoms with Gasteiger partial charge in [-0.05, 0) is 38.0 Å². The van der Waals surface area contributed by atoms with Gasteiger partial charge in [-0.3, -0.25) is 0 Å².